The van der Waals surface area contributed by atoms with E-state index in [1.807, 2.05) is 73.0 Å². The van der Waals surface area contributed by atoms with Crippen molar-refractivity contribution in [3.8, 4) is 11.4 Å². The molecule has 5 rings (SSSR count). The molecule has 0 radical (unpaired) electrons. The van der Waals surface area contributed by atoms with E-state index in [1.54, 1.807) is 7.11 Å². The highest BCUT2D eigenvalue weighted by atomic mass is 16.5. The molecule has 1 unspecified atom stereocenters. The molecule has 6 nitrogen and oxygen atoms in total. The molecule has 0 amide bonds. The molecule has 39 heavy (non-hydrogen) atoms. The van der Waals surface area contributed by atoms with Crippen LogP contribution in [-0.4, -0.2) is 35.0 Å². The first-order valence-electron chi connectivity index (χ1n) is 13.5. The molecule has 0 saturated carbocycles. The van der Waals surface area contributed by atoms with Crippen LogP contribution in [0.3, 0.4) is 0 Å². The number of aryl methyl sites for hydroxylation is 2. The highest BCUT2D eigenvalue weighted by molar-refractivity contribution is 6.06. The first-order chi connectivity index (χ1) is 18.6. The number of hydrogen-bond donors (Lipinski definition) is 0. The number of nitrogens with zero attached hydrogens (tertiary/aromatic N) is 2. The van der Waals surface area contributed by atoms with Crippen molar-refractivity contribution in [2.75, 3.05) is 13.7 Å². The highest BCUT2D eigenvalue weighted by Gasteiger charge is 2.33. The maximum Gasteiger partial charge on any atom is 0.339 e. The van der Waals surface area contributed by atoms with Crippen LogP contribution in [0.2, 0.25) is 0 Å². The summed E-state index contributed by atoms with van der Waals surface area (Å²) in [6, 6.07) is 17.2. The predicted octanol–water partition coefficient (Wildman–Crippen LogP) is 6.84. The number of rotatable bonds is 6. The van der Waals surface area contributed by atoms with Crippen LogP contribution in [0, 0.1) is 25.2 Å². The van der Waals surface area contributed by atoms with Crippen molar-refractivity contribution in [2.45, 2.75) is 53.9 Å². The van der Waals surface area contributed by atoms with E-state index in [1.165, 1.54) is 0 Å². The Labute approximate surface area is 230 Å². The van der Waals surface area contributed by atoms with Gasteiger partial charge in [-0.05, 0) is 86.4 Å². The molecule has 2 heterocycles. The molecule has 0 saturated heterocycles. The average Bonchev–Trinajstić information content (AvgIpc) is 3.22. The van der Waals surface area contributed by atoms with Gasteiger partial charge in [-0.2, -0.15) is 0 Å². The number of ketones is 1. The van der Waals surface area contributed by atoms with E-state index in [9.17, 15) is 9.59 Å². The van der Waals surface area contributed by atoms with Crippen molar-refractivity contribution < 1.29 is 19.1 Å². The molecule has 0 bridgehead atoms. The molecule has 2 aromatic heterocycles. The second-order valence-corrected chi connectivity index (χ2v) is 11.6. The minimum Gasteiger partial charge on any atom is -0.497 e. The van der Waals surface area contributed by atoms with Gasteiger partial charge < -0.3 is 14.0 Å². The number of carbonyl (C=O) groups is 2. The molecule has 0 aliphatic heterocycles. The number of benzene rings is 2. The third-order valence-corrected chi connectivity index (χ3v) is 8.08. The number of Topliss-reactive ketones (excluding diaryl/α,β-unsaturated/α-hetero) is 1. The van der Waals surface area contributed by atoms with Gasteiger partial charge in [0.2, 0.25) is 5.78 Å². The van der Waals surface area contributed by atoms with Gasteiger partial charge in [-0.1, -0.05) is 39.0 Å². The lowest BCUT2D eigenvalue weighted by molar-refractivity contribution is 0.0474. The van der Waals surface area contributed by atoms with Crippen LogP contribution in [0.1, 0.15) is 70.6 Å². The Hall–Kier alpha value is -3.93. The topological polar surface area (TPSA) is 70.4 Å². The van der Waals surface area contributed by atoms with Crippen LogP contribution in [0.5, 0.6) is 5.75 Å². The molecule has 0 N–H and O–H groups in total. The minimum absolute atomic E-state index is 0.118. The molecule has 1 atom stereocenters. The molecule has 4 aromatic rings. The lowest BCUT2D eigenvalue weighted by atomic mass is 9.70. The quantitative estimate of drug-likeness (QED) is 0.204. The molecule has 0 spiro atoms. The van der Waals surface area contributed by atoms with Gasteiger partial charge in [0, 0.05) is 33.7 Å². The van der Waals surface area contributed by atoms with Crippen LogP contribution >= 0.6 is 0 Å². The van der Waals surface area contributed by atoms with Crippen LogP contribution in [0.4, 0.5) is 0 Å². The molecular formula is C33H36N2O4. The predicted molar refractivity (Wildman–Crippen MR) is 153 cm³/mol. The summed E-state index contributed by atoms with van der Waals surface area (Å²) >= 11 is 0. The normalized spacial score (nSPS) is 15.2. The standard InChI is InChI=1S/C33H36N2O4/c1-20-17-26(21(2)35(20)23-12-14-24(38-6)15-13-23)30(36)19-39-32(37)31-25-9-7-8-10-28(25)34-29-16-11-22(18-27(29)31)33(3,4)5/h7-10,12-15,17,22H,11,16,18-19H2,1-6H3. The third-order valence-electron chi connectivity index (χ3n) is 8.08. The number of aromatic nitrogens is 2. The minimum atomic E-state index is -0.461. The number of carbonyl (C=O) groups excluding carboxylic acids is 2. The van der Waals surface area contributed by atoms with Gasteiger partial charge in [0.05, 0.1) is 18.2 Å². The van der Waals surface area contributed by atoms with Gasteiger partial charge in [-0.25, -0.2) is 4.79 Å². The second kappa shape index (κ2) is 10.3. The van der Waals surface area contributed by atoms with E-state index < -0.39 is 5.97 Å². The molecule has 0 fully saturated rings. The zero-order chi connectivity index (χ0) is 27.9. The molecule has 1 aliphatic carbocycles. The number of fused-ring (bicyclic) bond motifs is 2. The van der Waals surface area contributed by atoms with E-state index in [0.29, 0.717) is 17.0 Å². The Kier molecular flexibility index (Phi) is 7.06. The third kappa shape index (κ3) is 5.08. The summed E-state index contributed by atoms with van der Waals surface area (Å²) in [5, 5.41) is 0.779. The SMILES string of the molecule is COc1ccc(-n2c(C)cc(C(=O)COC(=O)c3c4c(nc5ccccc35)CCC(C(C)(C)C)C4)c2C)cc1. The largest absolute Gasteiger partial charge is 0.497 e. The van der Waals surface area contributed by atoms with Crippen molar-refractivity contribution in [2.24, 2.45) is 11.3 Å². The maximum atomic E-state index is 13.6. The summed E-state index contributed by atoms with van der Waals surface area (Å²) in [6.45, 7) is 10.3. The van der Waals surface area contributed by atoms with Gasteiger partial charge in [-0.3, -0.25) is 9.78 Å². The lowest BCUT2D eigenvalue weighted by Crippen LogP contribution is -2.29. The van der Waals surface area contributed by atoms with Crippen LogP contribution in [0.15, 0.2) is 54.6 Å². The molecular weight excluding hydrogens is 488 g/mol. The van der Waals surface area contributed by atoms with Gasteiger partial charge in [0.15, 0.2) is 6.61 Å². The fourth-order valence-corrected chi connectivity index (χ4v) is 5.82. The Balaban J connectivity index is 1.42. The van der Waals surface area contributed by atoms with Crippen LogP contribution in [0.25, 0.3) is 16.6 Å². The summed E-state index contributed by atoms with van der Waals surface area (Å²) < 4.78 is 13.0. The van der Waals surface area contributed by atoms with Crippen LogP contribution < -0.4 is 4.74 Å². The number of hydrogen-bond acceptors (Lipinski definition) is 5. The van der Waals surface area contributed by atoms with Crippen molar-refractivity contribution >= 4 is 22.7 Å². The number of pyridine rings is 1. The Bertz CT molecular complexity index is 1560. The highest BCUT2D eigenvalue weighted by Crippen LogP contribution is 2.39. The monoisotopic (exact) mass is 524 g/mol. The first-order valence-corrected chi connectivity index (χ1v) is 13.5. The van der Waals surface area contributed by atoms with E-state index >= 15 is 0 Å². The summed E-state index contributed by atoms with van der Waals surface area (Å²) in [6.07, 6.45) is 2.65. The molecule has 1 aliphatic rings. The van der Waals surface area contributed by atoms with Crippen molar-refractivity contribution in [3.63, 3.8) is 0 Å². The van der Waals surface area contributed by atoms with Crippen molar-refractivity contribution in [3.05, 3.63) is 88.4 Å². The van der Waals surface area contributed by atoms with Gasteiger partial charge >= 0.3 is 5.97 Å². The number of ether oxygens (including phenoxy) is 2. The van der Waals surface area contributed by atoms with E-state index in [4.69, 9.17) is 14.5 Å². The second-order valence-electron chi connectivity index (χ2n) is 11.6. The van der Waals surface area contributed by atoms with E-state index in [-0.39, 0.29) is 17.8 Å². The zero-order valence-electron chi connectivity index (χ0n) is 23.6. The van der Waals surface area contributed by atoms with Gasteiger partial charge in [0.1, 0.15) is 5.75 Å². The zero-order valence-corrected chi connectivity index (χ0v) is 23.6. The fourth-order valence-electron chi connectivity index (χ4n) is 5.82. The summed E-state index contributed by atoms with van der Waals surface area (Å²) in [5.41, 5.74) is 6.61. The summed E-state index contributed by atoms with van der Waals surface area (Å²) in [4.78, 5) is 31.9. The molecule has 6 heteroatoms. The fraction of sp³-hybridized carbons (Fsp3) is 0.364. The summed E-state index contributed by atoms with van der Waals surface area (Å²) in [7, 11) is 1.63. The van der Waals surface area contributed by atoms with Crippen molar-refractivity contribution in [1.29, 1.82) is 0 Å². The van der Waals surface area contributed by atoms with E-state index in [2.05, 4.69) is 20.8 Å². The number of esters is 1. The van der Waals surface area contributed by atoms with Crippen molar-refractivity contribution in [1.82, 2.24) is 9.55 Å². The number of methoxy groups -OCH3 is 1. The van der Waals surface area contributed by atoms with Gasteiger partial charge in [0.25, 0.3) is 0 Å². The Morgan fingerprint density at radius 1 is 1.05 bits per heavy atom. The Morgan fingerprint density at radius 3 is 2.46 bits per heavy atom. The maximum absolute atomic E-state index is 13.6. The molecule has 202 valence electrons. The lowest BCUT2D eigenvalue weighted by Gasteiger charge is -2.35. The smallest absolute Gasteiger partial charge is 0.339 e. The van der Waals surface area contributed by atoms with E-state index in [0.717, 1.165) is 64.2 Å². The van der Waals surface area contributed by atoms with Gasteiger partial charge in [-0.15, -0.1) is 0 Å². The summed E-state index contributed by atoms with van der Waals surface area (Å²) in [5.74, 6) is 0.515. The van der Waals surface area contributed by atoms with Crippen LogP contribution in [-0.2, 0) is 17.6 Å². The molecule has 2 aromatic carbocycles. The number of para-hydroxylation sites is 1. The Morgan fingerprint density at radius 2 is 1.77 bits per heavy atom. The first kappa shape index (κ1) is 26.7. The average molecular weight is 525 g/mol.